The lowest BCUT2D eigenvalue weighted by Crippen LogP contribution is -2.33. The van der Waals surface area contributed by atoms with Gasteiger partial charge in [0.1, 0.15) is 11.2 Å². The van der Waals surface area contributed by atoms with Gasteiger partial charge in [0.2, 0.25) is 5.82 Å². The van der Waals surface area contributed by atoms with Crippen LogP contribution in [0.4, 0.5) is 13.2 Å². The number of rotatable bonds is 1. The lowest BCUT2D eigenvalue weighted by molar-refractivity contribution is -0.147. The molecule has 1 aliphatic heterocycles. The Hall–Kier alpha value is -2.09. The van der Waals surface area contributed by atoms with E-state index in [9.17, 15) is 13.2 Å². The molecule has 0 bridgehead atoms. The monoisotopic (exact) mass is 309 g/mol. The van der Waals surface area contributed by atoms with Gasteiger partial charge in [-0.2, -0.15) is 13.2 Å². The highest BCUT2D eigenvalue weighted by atomic mass is 19.4. The van der Waals surface area contributed by atoms with Crippen molar-refractivity contribution in [1.82, 2.24) is 24.8 Å². The molecule has 22 heavy (non-hydrogen) atoms. The van der Waals surface area contributed by atoms with Crippen molar-refractivity contribution in [3.63, 3.8) is 0 Å². The molecule has 1 fully saturated rings. The van der Waals surface area contributed by atoms with Gasteiger partial charge < -0.3 is 14.9 Å². The quantitative estimate of drug-likeness (QED) is 0.727. The molecule has 4 rings (SSSR count). The standard InChI is InChI=1S/C14H14F3N5/c15-14(16,17)13-21-10-7-20-12-9(3-5-19-12)11(10)22(13)8-2-1-4-18-6-8/h3,5,7-8,18H,1-2,4,6H2,(H,19,20)/t8-/m1/s1. The first-order chi connectivity index (χ1) is 10.6. The van der Waals surface area contributed by atoms with Gasteiger partial charge in [-0.15, -0.1) is 0 Å². The number of pyridine rings is 1. The minimum Gasteiger partial charge on any atom is -0.346 e. The molecule has 116 valence electrons. The molecule has 2 N–H and O–H groups in total. The summed E-state index contributed by atoms with van der Waals surface area (Å²) in [7, 11) is 0. The molecule has 5 nitrogen and oxygen atoms in total. The van der Waals surface area contributed by atoms with Crippen molar-refractivity contribution in [3.8, 4) is 0 Å². The topological polar surface area (TPSA) is 58.5 Å². The van der Waals surface area contributed by atoms with Crippen molar-refractivity contribution in [2.45, 2.75) is 25.1 Å². The summed E-state index contributed by atoms with van der Waals surface area (Å²) in [6.07, 6.45) is 0.148. The number of alkyl halides is 3. The Bertz CT molecular complexity index is 826. The molecule has 3 aromatic rings. The molecule has 0 radical (unpaired) electrons. The first-order valence-electron chi connectivity index (χ1n) is 7.17. The van der Waals surface area contributed by atoms with E-state index in [1.165, 1.54) is 10.8 Å². The van der Waals surface area contributed by atoms with E-state index in [2.05, 4.69) is 20.3 Å². The number of fused-ring (bicyclic) bond motifs is 3. The molecular formula is C14H14F3N5. The SMILES string of the molecule is FC(F)(F)c1nc2cnc3[nH]ccc3c2n1[C@@H]1CCCNC1. The van der Waals surface area contributed by atoms with Crippen molar-refractivity contribution in [2.24, 2.45) is 0 Å². The molecule has 0 saturated carbocycles. The molecule has 0 unspecified atom stereocenters. The van der Waals surface area contributed by atoms with Crippen LogP contribution in [0.25, 0.3) is 22.1 Å². The van der Waals surface area contributed by atoms with E-state index in [0.29, 0.717) is 29.5 Å². The normalized spacial score (nSPS) is 20.0. The third kappa shape index (κ3) is 1.98. The summed E-state index contributed by atoms with van der Waals surface area (Å²) < 4.78 is 41.7. The number of nitrogens with zero attached hydrogens (tertiary/aromatic N) is 3. The zero-order chi connectivity index (χ0) is 15.3. The second-order valence-corrected chi connectivity index (χ2v) is 5.54. The average molecular weight is 309 g/mol. The molecule has 0 spiro atoms. The number of H-pyrrole nitrogens is 1. The van der Waals surface area contributed by atoms with E-state index in [0.717, 1.165) is 13.0 Å². The summed E-state index contributed by atoms with van der Waals surface area (Å²) in [6, 6.07) is 1.50. The van der Waals surface area contributed by atoms with Gasteiger partial charge in [-0.1, -0.05) is 0 Å². The van der Waals surface area contributed by atoms with Crippen molar-refractivity contribution in [2.75, 3.05) is 13.1 Å². The minimum absolute atomic E-state index is 0.254. The maximum Gasteiger partial charge on any atom is 0.449 e. The highest BCUT2D eigenvalue weighted by molar-refractivity contribution is 6.01. The average Bonchev–Trinajstić information content (AvgIpc) is 3.11. The van der Waals surface area contributed by atoms with Gasteiger partial charge in [0, 0.05) is 24.2 Å². The fourth-order valence-corrected chi connectivity index (χ4v) is 3.20. The van der Waals surface area contributed by atoms with Gasteiger partial charge in [-0.3, -0.25) is 0 Å². The first-order valence-corrected chi connectivity index (χ1v) is 7.17. The van der Waals surface area contributed by atoms with Crippen LogP contribution in [0.5, 0.6) is 0 Å². The summed E-state index contributed by atoms with van der Waals surface area (Å²) in [5.74, 6) is -0.841. The Morgan fingerprint density at radius 2 is 2.18 bits per heavy atom. The highest BCUT2D eigenvalue weighted by Gasteiger charge is 2.40. The van der Waals surface area contributed by atoms with Crippen molar-refractivity contribution in [3.05, 3.63) is 24.3 Å². The molecule has 0 aromatic carbocycles. The van der Waals surface area contributed by atoms with Gasteiger partial charge in [-0.05, 0) is 25.5 Å². The van der Waals surface area contributed by atoms with E-state index < -0.39 is 12.0 Å². The highest BCUT2D eigenvalue weighted by Crippen LogP contribution is 2.37. The minimum atomic E-state index is -4.49. The summed E-state index contributed by atoms with van der Waals surface area (Å²) in [5.41, 5.74) is 1.36. The fourth-order valence-electron chi connectivity index (χ4n) is 3.20. The van der Waals surface area contributed by atoms with Gasteiger partial charge >= 0.3 is 6.18 Å². The van der Waals surface area contributed by atoms with Gasteiger partial charge in [0.05, 0.1) is 11.7 Å². The van der Waals surface area contributed by atoms with Gasteiger partial charge in [0.15, 0.2) is 0 Å². The fraction of sp³-hybridized carbons (Fsp3) is 0.429. The van der Waals surface area contributed by atoms with Crippen LogP contribution in [-0.4, -0.2) is 32.6 Å². The number of aromatic amines is 1. The van der Waals surface area contributed by atoms with Gasteiger partial charge in [0.25, 0.3) is 0 Å². The van der Waals surface area contributed by atoms with Crippen LogP contribution in [-0.2, 0) is 6.18 Å². The van der Waals surface area contributed by atoms with Crippen molar-refractivity contribution < 1.29 is 13.2 Å². The molecular weight excluding hydrogens is 295 g/mol. The molecule has 1 atom stereocenters. The Kier molecular flexibility index (Phi) is 2.90. The maximum atomic E-state index is 13.4. The van der Waals surface area contributed by atoms with E-state index in [1.807, 2.05) is 0 Å². The van der Waals surface area contributed by atoms with Crippen molar-refractivity contribution >= 4 is 22.1 Å². The number of nitrogens with one attached hydrogen (secondary N) is 2. The van der Waals surface area contributed by atoms with Crippen LogP contribution in [0.3, 0.4) is 0 Å². The second-order valence-electron chi connectivity index (χ2n) is 5.54. The lowest BCUT2D eigenvalue weighted by atomic mass is 10.1. The number of aromatic nitrogens is 4. The number of halogens is 3. The molecule has 0 aliphatic carbocycles. The molecule has 4 heterocycles. The van der Waals surface area contributed by atoms with Crippen LogP contribution in [0.1, 0.15) is 24.7 Å². The van der Waals surface area contributed by atoms with Crippen molar-refractivity contribution in [1.29, 1.82) is 0 Å². The van der Waals surface area contributed by atoms with E-state index in [-0.39, 0.29) is 11.6 Å². The van der Waals surface area contributed by atoms with Crippen LogP contribution < -0.4 is 5.32 Å². The Labute approximate surface area is 123 Å². The van der Waals surface area contributed by atoms with Crippen LogP contribution in [0.2, 0.25) is 0 Å². The first kappa shape index (κ1) is 13.6. The lowest BCUT2D eigenvalue weighted by Gasteiger charge is -2.26. The third-order valence-electron chi connectivity index (χ3n) is 4.12. The van der Waals surface area contributed by atoms with E-state index >= 15 is 0 Å². The van der Waals surface area contributed by atoms with Gasteiger partial charge in [-0.25, -0.2) is 9.97 Å². The second kappa shape index (κ2) is 4.70. The summed E-state index contributed by atoms with van der Waals surface area (Å²) in [6.45, 7) is 1.36. The third-order valence-corrected chi connectivity index (χ3v) is 4.12. The summed E-state index contributed by atoms with van der Waals surface area (Å²) in [5, 5.41) is 3.84. The molecule has 3 aromatic heterocycles. The predicted octanol–water partition coefficient (Wildman–Crippen LogP) is 2.86. The number of piperidine rings is 1. The Morgan fingerprint density at radius 1 is 1.32 bits per heavy atom. The number of hydrogen-bond acceptors (Lipinski definition) is 3. The predicted molar refractivity (Wildman–Crippen MR) is 75.5 cm³/mol. The zero-order valence-corrected chi connectivity index (χ0v) is 11.6. The molecule has 8 heteroatoms. The smallest absolute Gasteiger partial charge is 0.346 e. The summed E-state index contributed by atoms with van der Waals surface area (Å²) >= 11 is 0. The number of hydrogen-bond donors (Lipinski definition) is 2. The van der Waals surface area contributed by atoms with Crippen LogP contribution >= 0.6 is 0 Å². The van der Waals surface area contributed by atoms with Crippen LogP contribution in [0.15, 0.2) is 18.5 Å². The van der Waals surface area contributed by atoms with E-state index in [1.54, 1.807) is 12.3 Å². The number of imidazole rings is 1. The Morgan fingerprint density at radius 3 is 2.91 bits per heavy atom. The summed E-state index contributed by atoms with van der Waals surface area (Å²) in [4.78, 5) is 10.9. The molecule has 0 amide bonds. The molecule has 1 saturated heterocycles. The molecule has 1 aliphatic rings. The Balaban J connectivity index is 2.05. The van der Waals surface area contributed by atoms with E-state index in [4.69, 9.17) is 0 Å². The maximum absolute atomic E-state index is 13.4. The zero-order valence-electron chi connectivity index (χ0n) is 11.6. The largest absolute Gasteiger partial charge is 0.449 e. The van der Waals surface area contributed by atoms with Crippen LogP contribution in [0, 0.1) is 0 Å².